The minimum atomic E-state index is -0.144. The van der Waals surface area contributed by atoms with Gasteiger partial charge in [0.25, 0.3) is 0 Å². The van der Waals surface area contributed by atoms with Crippen LogP contribution in [-0.4, -0.2) is 28.6 Å². The molecule has 4 nitrogen and oxygen atoms in total. The number of halogens is 1. The maximum absolute atomic E-state index is 12.3. The fourth-order valence-electron chi connectivity index (χ4n) is 3.09. The number of amides is 2. The summed E-state index contributed by atoms with van der Waals surface area (Å²) in [6.07, 6.45) is 4.07. The number of likely N-dealkylation sites (tertiary alicyclic amines) is 1. The Bertz CT molecular complexity index is 985. The van der Waals surface area contributed by atoms with Gasteiger partial charge in [-0.1, -0.05) is 35.9 Å². The van der Waals surface area contributed by atoms with Crippen molar-refractivity contribution in [1.29, 1.82) is 0 Å². The molecular weight excluding hydrogens is 366 g/mol. The Kier molecular flexibility index (Phi) is 4.91. The first kappa shape index (κ1) is 17.1. The van der Waals surface area contributed by atoms with Crippen LogP contribution >= 0.6 is 22.9 Å². The first-order valence-corrected chi connectivity index (χ1v) is 9.83. The summed E-state index contributed by atoms with van der Waals surface area (Å²) in [6.45, 7) is 1.62. The zero-order chi connectivity index (χ0) is 17.9. The highest BCUT2D eigenvalue weighted by Gasteiger charge is 2.17. The molecule has 0 unspecified atom stereocenters. The van der Waals surface area contributed by atoms with Gasteiger partial charge in [0.15, 0.2) is 4.80 Å². The third kappa shape index (κ3) is 3.59. The molecule has 0 spiro atoms. The highest BCUT2D eigenvalue weighted by atomic mass is 35.5. The summed E-state index contributed by atoms with van der Waals surface area (Å²) in [7, 11) is 0. The molecule has 2 heterocycles. The third-order valence-corrected chi connectivity index (χ3v) is 5.45. The summed E-state index contributed by atoms with van der Waals surface area (Å²) >= 11 is 7.54. The van der Waals surface area contributed by atoms with Gasteiger partial charge in [0.05, 0.1) is 0 Å². The molecule has 132 valence electrons. The van der Waals surface area contributed by atoms with Crippen LogP contribution in [0.25, 0.3) is 16.8 Å². The van der Waals surface area contributed by atoms with Crippen LogP contribution < -0.4 is 4.80 Å². The third-order valence-electron chi connectivity index (χ3n) is 4.46. The number of rotatable bonds is 2. The second-order valence-corrected chi connectivity index (χ2v) is 7.51. The Hall–Kier alpha value is -2.37. The SMILES string of the molecule is O=C(N=c1sccn1-c1ccc(-c2cccc(Cl)c2)cc1)N1CCCC1. The predicted molar refractivity (Wildman–Crippen MR) is 106 cm³/mol. The lowest BCUT2D eigenvalue weighted by Crippen LogP contribution is -2.27. The lowest BCUT2D eigenvalue weighted by atomic mass is 10.1. The molecule has 0 saturated carbocycles. The normalized spacial score (nSPS) is 14.8. The number of thiazole rings is 1. The van der Waals surface area contributed by atoms with E-state index in [1.54, 1.807) is 0 Å². The topological polar surface area (TPSA) is 37.6 Å². The van der Waals surface area contributed by atoms with Gasteiger partial charge in [-0.3, -0.25) is 4.57 Å². The van der Waals surface area contributed by atoms with E-state index in [4.69, 9.17) is 11.6 Å². The van der Waals surface area contributed by atoms with Crippen LogP contribution in [0, 0.1) is 0 Å². The van der Waals surface area contributed by atoms with Gasteiger partial charge in [-0.2, -0.15) is 4.99 Å². The Labute approximate surface area is 161 Å². The summed E-state index contributed by atoms with van der Waals surface area (Å²) in [6, 6.07) is 15.8. The number of hydrogen-bond donors (Lipinski definition) is 0. The van der Waals surface area contributed by atoms with Crippen LogP contribution in [0.3, 0.4) is 0 Å². The van der Waals surface area contributed by atoms with E-state index in [0.717, 1.165) is 47.8 Å². The number of aromatic nitrogens is 1. The van der Waals surface area contributed by atoms with Crippen LogP contribution in [0.2, 0.25) is 5.02 Å². The number of urea groups is 1. The Balaban J connectivity index is 1.63. The van der Waals surface area contributed by atoms with Crippen LogP contribution in [0.5, 0.6) is 0 Å². The molecule has 0 aliphatic carbocycles. The maximum Gasteiger partial charge on any atom is 0.346 e. The summed E-state index contributed by atoms with van der Waals surface area (Å²) in [5, 5.41) is 2.67. The second-order valence-electron chi connectivity index (χ2n) is 6.20. The van der Waals surface area contributed by atoms with Crippen molar-refractivity contribution in [2.24, 2.45) is 4.99 Å². The van der Waals surface area contributed by atoms with Crippen molar-refractivity contribution in [3.8, 4) is 16.8 Å². The van der Waals surface area contributed by atoms with Gasteiger partial charge >= 0.3 is 6.03 Å². The molecule has 1 fully saturated rings. The van der Waals surface area contributed by atoms with Crippen molar-refractivity contribution in [1.82, 2.24) is 9.47 Å². The largest absolute Gasteiger partial charge is 0.346 e. The lowest BCUT2D eigenvalue weighted by Gasteiger charge is -2.11. The highest BCUT2D eigenvalue weighted by molar-refractivity contribution is 7.07. The van der Waals surface area contributed by atoms with Gasteiger partial charge in [-0.15, -0.1) is 11.3 Å². The molecule has 1 aliphatic rings. The Morgan fingerprint density at radius 1 is 1.04 bits per heavy atom. The molecule has 6 heteroatoms. The van der Waals surface area contributed by atoms with Crippen molar-refractivity contribution < 1.29 is 4.79 Å². The van der Waals surface area contributed by atoms with E-state index >= 15 is 0 Å². The van der Waals surface area contributed by atoms with E-state index in [0.29, 0.717) is 4.80 Å². The molecule has 2 aromatic carbocycles. The minimum absolute atomic E-state index is 0.144. The molecule has 1 aromatic heterocycles. The van der Waals surface area contributed by atoms with Crippen LogP contribution in [0.1, 0.15) is 12.8 Å². The molecule has 1 saturated heterocycles. The first-order valence-electron chi connectivity index (χ1n) is 8.57. The molecule has 1 aliphatic heterocycles. The molecule has 0 N–H and O–H groups in total. The van der Waals surface area contributed by atoms with E-state index in [9.17, 15) is 4.79 Å². The fourth-order valence-corrected chi connectivity index (χ4v) is 4.00. The Morgan fingerprint density at radius 2 is 1.81 bits per heavy atom. The summed E-state index contributed by atoms with van der Waals surface area (Å²) < 4.78 is 1.94. The molecular formula is C20H18ClN3OS. The van der Waals surface area contributed by atoms with Crippen molar-refractivity contribution in [2.75, 3.05) is 13.1 Å². The van der Waals surface area contributed by atoms with Gasteiger partial charge in [-0.25, -0.2) is 4.79 Å². The quantitative estimate of drug-likeness (QED) is 0.615. The zero-order valence-electron chi connectivity index (χ0n) is 14.1. The average Bonchev–Trinajstić information content (AvgIpc) is 3.34. The molecule has 0 atom stereocenters. The number of carbonyl (C=O) groups excluding carboxylic acids is 1. The highest BCUT2D eigenvalue weighted by Crippen LogP contribution is 2.23. The van der Waals surface area contributed by atoms with Crippen LogP contribution in [0.15, 0.2) is 65.1 Å². The predicted octanol–water partition coefficient (Wildman–Crippen LogP) is 4.98. The van der Waals surface area contributed by atoms with Crippen LogP contribution in [-0.2, 0) is 0 Å². The molecule has 3 aromatic rings. The molecule has 26 heavy (non-hydrogen) atoms. The molecule has 2 amide bonds. The van der Waals surface area contributed by atoms with Gasteiger partial charge in [0.2, 0.25) is 0 Å². The number of nitrogens with zero attached hydrogens (tertiary/aromatic N) is 3. The van der Waals surface area contributed by atoms with Gasteiger partial charge < -0.3 is 4.90 Å². The van der Waals surface area contributed by atoms with E-state index in [-0.39, 0.29) is 6.03 Å². The van der Waals surface area contributed by atoms with Crippen molar-refractivity contribution in [3.05, 3.63) is 69.9 Å². The van der Waals surface area contributed by atoms with Crippen molar-refractivity contribution >= 4 is 29.0 Å². The molecule has 0 radical (unpaired) electrons. The number of carbonyl (C=O) groups is 1. The van der Waals surface area contributed by atoms with Crippen LogP contribution in [0.4, 0.5) is 4.79 Å². The van der Waals surface area contributed by atoms with E-state index in [1.807, 2.05) is 57.4 Å². The average molecular weight is 384 g/mol. The summed E-state index contributed by atoms with van der Waals surface area (Å²) in [5.41, 5.74) is 3.15. The lowest BCUT2D eigenvalue weighted by molar-refractivity contribution is 0.218. The van der Waals surface area contributed by atoms with Crippen molar-refractivity contribution in [3.63, 3.8) is 0 Å². The number of benzene rings is 2. The summed E-state index contributed by atoms with van der Waals surface area (Å²) in [5.74, 6) is 0. The fraction of sp³-hybridized carbons (Fsp3) is 0.200. The monoisotopic (exact) mass is 383 g/mol. The molecule has 4 rings (SSSR count). The minimum Gasteiger partial charge on any atom is -0.323 e. The summed E-state index contributed by atoms with van der Waals surface area (Å²) in [4.78, 5) is 19.1. The molecule has 0 bridgehead atoms. The van der Waals surface area contributed by atoms with Gasteiger partial charge in [0, 0.05) is 35.4 Å². The second kappa shape index (κ2) is 7.48. The Morgan fingerprint density at radius 3 is 2.54 bits per heavy atom. The zero-order valence-corrected chi connectivity index (χ0v) is 15.7. The van der Waals surface area contributed by atoms with E-state index < -0.39 is 0 Å². The standard InChI is InChI=1S/C20H18ClN3OS/c21-17-5-3-4-16(14-17)15-6-8-18(9-7-15)24-12-13-26-20(24)22-19(25)23-10-1-2-11-23/h3-9,12-14H,1-2,10-11H2. The van der Waals surface area contributed by atoms with Gasteiger partial charge in [0.1, 0.15) is 0 Å². The maximum atomic E-state index is 12.3. The van der Waals surface area contributed by atoms with Gasteiger partial charge in [-0.05, 0) is 48.2 Å². The first-order chi connectivity index (χ1) is 12.7. The van der Waals surface area contributed by atoms with E-state index in [1.165, 1.54) is 11.3 Å². The van der Waals surface area contributed by atoms with Crippen molar-refractivity contribution in [2.45, 2.75) is 12.8 Å². The smallest absolute Gasteiger partial charge is 0.323 e. The number of hydrogen-bond acceptors (Lipinski definition) is 2. The van der Waals surface area contributed by atoms with E-state index in [2.05, 4.69) is 17.1 Å².